The Morgan fingerprint density at radius 1 is 1.40 bits per heavy atom. The maximum atomic E-state index is 11.3. The topological polar surface area (TPSA) is 55.1 Å². The first-order chi connectivity index (χ1) is 7.06. The van der Waals surface area contributed by atoms with Crippen LogP contribution in [0, 0.1) is 0 Å². The van der Waals surface area contributed by atoms with Crippen LogP contribution in [0.2, 0.25) is 0 Å². The number of nitrogens with two attached hydrogens (primary N) is 1. The van der Waals surface area contributed by atoms with Crippen LogP contribution < -0.4 is 11.1 Å². The zero-order valence-electron chi connectivity index (χ0n) is 10.1. The largest absolute Gasteiger partial charge is 0.368 e. The Hall–Kier alpha value is -0.220. The molecule has 0 aliphatic rings. The molecule has 0 radical (unpaired) electrons. The lowest BCUT2D eigenvalue weighted by Crippen LogP contribution is -2.53. The van der Waals surface area contributed by atoms with E-state index in [9.17, 15) is 4.79 Å². The quantitative estimate of drug-likeness (QED) is 0.596. The fraction of sp³-hybridized carbons (Fsp3) is 0.909. The molecule has 0 spiro atoms. The van der Waals surface area contributed by atoms with Crippen LogP contribution in [0.5, 0.6) is 0 Å². The van der Waals surface area contributed by atoms with E-state index in [1.807, 2.05) is 25.6 Å². The van der Waals surface area contributed by atoms with Crippen molar-refractivity contribution in [3.63, 3.8) is 0 Å². The van der Waals surface area contributed by atoms with E-state index in [1.165, 1.54) is 18.6 Å². The van der Waals surface area contributed by atoms with Crippen molar-refractivity contribution in [1.82, 2.24) is 5.32 Å². The standard InChI is InChI=1S/C11H24N2OS/c1-4-6-8-15-9-7-11(3,10(12)14)13-5-2/h13H,4-9H2,1-3H3,(H2,12,14). The van der Waals surface area contributed by atoms with Gasteiger partial charge in [0.2, 0.25) is 5.91 Å². The summed E-state index contributed by atoms with van der Waals surface area (Å²) >= 11 is 1.90. The van der Waals surface area contributed by atoms with Crippen LogP contribution in [0.3, 0.4) is 0 Å². The lowest BCUT2D eigenvalue weighted by molar-refractivity contribution is -0.123. The van der Waals surface area contributed by atoms with Crippen LogP contribution in [0.25, 0.3) is 0 Å². The fourth-order valence-corrected chi connectivity index (χ4v) is 2.56. The number of carbonyl (C=O) groups excluding carboxylic acids is 1. The molecule has 4 heteroatoms. The normalized spacial score (nSPS) is 14.9. The van der Waals surface area contributed by atoms with Crippen molar-refractivity contribution in [2.45, 2.75) is 45.6 Å². The van der Waals surface area contributed by atoms with Crippen LogP contribution >= 0.6 is 11.8 Å². The van der Waals surface area contributed by atoms with E-state index < -0.39 is 5.54 Å². The third-order valence-corrected chi connectivity index (χ3v) is 3.57. The summed E-state index contributed by atoms with van der Waals surface area (Å²) in [5.41, 5.74) is 4.85. The fourth-order valence-electron chi connectivity index (χ4n) is 1.31. The molecule has 3 N–H and O–H groups in total. The Kier molecular flexibility index (Phi) is 7.88. The van der Waals surface area contributed by atoms with Crippen LogP contribution in [0.4, 0.5) is 0 Å². The number of primary amides is 1. The first-order valence-electron chi connectivity index (χ1n) is 5.69. The van der Waals surface area contributed by atoms with Gasteiger partial charge in [0.25, 0.3) is 0 Å². The highest BCUT2D eigenvalue weighted by Crippen LogP contribution is 2.15. The predicted molar refractivity (Wildman–Crippen MR) is 68.1 cm³/mol. The molecular formula is C11H24N2OS. The number of unbranched alkanes of at least 4 members (excludes halogenated alkanes) is 1. The highest BCUT2D eigenvalue weighted by Gasteiger charge is 2.28. The van der Waals surface area contributed by atoms with Gasteiger partial charge in [0.05, 0.1) is 5.54 Å². The van der Waals surface area contributed by atoms with Crippen molar-refractivity contribution in [2.75, 3.05) is 18.1 Å². The van der Waals surface area contributed by atoms with Gasteiger partial charge in [0.15, 0.2) is 0 Å². The second-order valence-electron chi connectivity index (χ2n) is 3.94. The molecule has 3 nitrogen and oxygen atoms in total. The monoisotopic (exact) mass is 232 g/mol. The molecule has 0 bridgehead atoms. The summed E-state index contributed by atoms with van der Waals surface area (Å²) in [4.78, 5) is 11.3. The van der Waals surface area contributed by atoms with Gasteiger partial charge in [-0.05, 0) is 37.8 Å². The Morgan fingerprint density at radius 3 is 2.53 bits per heavy atom. The summed E-state index contributed by atoms with van der Waals surface area (Å²) in [6.07, 6.45) is 3.29. The van der Waals surface area contributed by atoms with Crippen LogP contribution in [-0.4, -0.2) is 29.5 Å². The molecule has 1 atom stereocenters. The number of amides is 1. The molecule has 0 rings (SSSR count). The molecule has 0 aromatic carbocycles. The third kappa shape index (κ3) is 6.05. The lowest BCUT2D eigenvalue weighted by Gasteiger charge is -2.26. The molecule has 0 saturated carbocycles. The minimum atomic E-state index is -0.534. The van der Waals surface area contributed by atoms with Crippen molar-refractivity contribution in [2.24, 2.45) is 5.73 Å². The van der Waals surface area contributed by atoms with Crippen molar-refractivity contribution in [3.05, 3.63) is 0 Å². The van der Waals surface area contributed by atoms with Gasteiger partial charge < -0.3 is 11.1 Å². The molecule has 0 aromatic rings. The van der Waals surface area contributed by atoms with Gasteiger partial charge in [-0.2, -0.15) is 11.8 Å². The number of carbonyl (C=O) groups is 1. The highest BCUT2D eigenvalue weighted by atomic mass is 32.2. The van der Waals surface area contributed by atoms with E-state index in [0.29, 0.717) is 0 Å². The number of hydrogen-bond donors (Lipinski definition) is 2. The summed E-state index contributed by atoms with van der Waals surface area (Å²) in [7, 11) is 0. The van der Waals surface area contributed by atoms with Crippen molar-refractivity contribution < 1.29 is 4.79 Å². The average Bonchev–Trinajstić information content (AvgIpc) is 2.18. The molecule has 0 saturated heterocycles. The van der Waals surface area contributed by atoms with Crippen molar-refractivity contribution in [3.8, 4) is 0 Å². The van der Waals surface area contributed by atoms with E-state index in [4.69, 9.17) is 5.73 Å². The molecular weight excluding hydrogens is 208 g/mol. The van der Waals surface area contributed by atoms with Crippen LogP contribution in [0.1, 0.15) is 40.0 Å². The number of likely N-dealkylation sites (N-methyl/N-ethyl adjacent to an activating group) is 1. The molecule has 0 fully saturated rings. The predicted octanol–water partition coefficient (Wildman–Crippen LogP) is 1.76. The summed E-state index contributed by atoms with van der Waals surface area (Å²) in [5, 5.41) is 3.16. The zero-order chi connectivity index (χ0) is 11.7. The van der Waals surface area contributed by atoms with E-state index >= 15 is 0 Å². The van der Waals surface area contributed by atoms with Crippen molar-refractivity contribution >= 4 is 17.7 Å². The minimum absolute atomic E-state index is 0.250. The minimum Gasteiger partial charge on any atom is -0.368 e. The van der Waals surface area contributed by atoms with Crippen LogP contribution in [-0.2, 0) is 4.79 Å². The Balaban J connectivity index is 3.81. The van der Waals surface area contributed by atoms with Gasteiger partial charge in [-0.25, -0.2) is 0 Å². The molecule has 1 unspecified atom stereocenters. The third-order valence-electron chi connectivity index (χ3n) is 2.50. The SMILES string of the molecule is CCCCSCCC(C)(NCC)C(N)=O. The van der Waals surface area contributed by atoms with Crippen molar-refractivity contribution in [1.29, 1.82) is 0 Å². The molecule has 15 heavy (non-hydrogen) atoms. The van der Waals surface area contributed by atoms with Gasteiger partial charge >= 0.3 is 0 Å². The Labute approximate surface area is 97.6 Å². The summed E-state index contributed by atoms with van der Waals surface area (Å²) in [5.74, 6) is 1.92. The van der Waals surface area contributed by atoms with E-state index in [-0.39, 0.29) is 5.91 Å². The highest BCUT2D eigenvalue weighted by molar-refractivity contribution is 7.99. The summed E-state index contributed by atoms with van der Waals surface area (Å²) in [6.45, 7) is 6.84. The Morgan fingerprint density at radius 2 is 2.07 bits per heavy atom. The lowest BCUT2D eigenvalue weighted by atomic mass is 9.98. The summed E-state index contributed by atoms with van der Waals surface area (Å²) in [6, 6.07) is 0. The number of thioether (sulfide) groups is 1. The maximum absolute atomic E-state index is 11.3. The average molecular weight is 232 g/mol. The smallest absolute Gasteiger partial charge is 0.237 e. The van der Waals surface area contributed by atoms with Gasteiger partial charge in [-0.1, -0.05) is 20.3 Å². The number of hydrogen-bond acceptors (Lipinski definition) is 3. The van der Waals surface area contributed by atoms with Gasteiger partial charge in [-0.3, -0.25) is 4.79 Å². The maximum Gasteiger partial charge on any atom is 0.237 e. The van der Waals surface area contributed by atoms with E-state index in [0.717, 1.165) is 18.7 Å². The van der Waals surface area contributed by atoms with Gasteiger partial charge in [0.1, 0.15) is 0 Å². The van der Waals surface area contributed by atoms with Gasteiger partial charge in [0, 0.05) is 0 Å². The number of rotatable bonds is 9. The summed E-state index contributed by atoms with van der Waals surface area (Å²) < 4.78 is 0. The number of nitrogens with one attached hydrogen (secondary N) is 1. The second-order valence-corrected chi connectivity index (χ2v) is 5.17. The molecule has 90 valence electrons. The first-order valence-corrected chi connectivity index (χ1v) is 6.85. The molecule has 0 aliphatic carbocycles. The van der Waals surface area contributed by atoms with E-state index in [1.54, 1.807) is 0 Å². The Bertz CT molecular complexity index is 187. The van der Waals surface area contributed by atoms with E-state index in [2.05, 4.69) is 12.2 Å². The van der Waals surface area contributed by atoms with Gasteiger partial charge in [-0.15, -0.1) is 0 Å². The molecule has 0 aromatic heterocycles. The molecule has 0 aliphatic heterocycles. The molecule has 1 amide bonds. The van der Waals surface area contributed by atoms with Crippen LogP contribution in [0.15, 0.2) is 0 Å². The zero-order valence-corrected chi connectivity index (χ0v) is 11.0. The molecule has 0 heterocycles. The first kappa shape index (κ1) is 14.8. The second kappa shape index (κ2) is 7.99.